The summed E-state index contributed by atoms with van der Waals surface area (Å²) in [5.74, 6) is 1.13. The van der Waals surface area contributed by atoms with E-state index < -0.39 is 0 Å². The number of ketones is 1. The minimum atomic E-state index is -0.0689. The Balaban J connectivity index is 2.43. The number of nitriles is 1. The average molecular weight is 263 g/mol. The summed E-state index contributed by atoms with van der Waals surface area (Å²) in [6.07, 6.45) is 0. The molecule has 0 aliphatic carbocycles. The van der Waals surface area contributed by atoms with Gasteiger partial charge in [-0.3, -0.25) is 4.79 Å². The van der Waals surface area contributed by atoms with E-state index in [1.165, 1.54) is 18.3 Å². The first-order valence-electron chi connectivity index (χ1n) is 6.04. The van der Waals surface area contributed by atoms with Crippen LogP contribution in [-0.4, -0.2) is 18.9 Å². The van der Waals surface area contributed by atoms with Crippen LogP contribution in [0.4, 0.5) is 10.7 Å². The third kappa shape index (κ3) is 1.97. The second kappa shape index (κ2) is 4.62. The molecule has 1 fully saturated rings. The fourth-order valence-electron chi connectivity index (χ4n) is 2.32. The molecule has 4 nitrogen and oxygen atoms in total. The SMILES string of the molecule is CC(=O)c1sc(N2CC(C)C(C)C2)c(C#N)c1N. The Kier molecular flexibility index (Phi) is 3.31. The van der Waals surface area contributed by atoms with Gasteiger partial charge in [-0.25, -0.2) is 0 Å². The molecule has 2 N–H and O–H groups in total. The van der Waals surface area contributed by atoms with Crippen molar-refractivity contribution in [2.24, 2.45) is 11.8 Å². The van der Waals surface area contributed by atoms with Crippen molar-refractivity contribution in [1.82, 2.24) is 0 Å². The first-order valence-corrected chi connectivity index (χ1v) is 6.85. The molecule has 1 aromatic heterocycles. The van der Waals surface area contributed by atoms with Gasteiger partial charge in [0, 0.05) is 20.0 Å². The molecular formula is C13H17N3OS. The summed E-state index contributed by atoms with van der Waals surface area (Å²) < 4.78 is 0. The molecule has 18 heavy (non-hydrogen) atoms. The molecule has 1 aromatic rings. The molecular weight excluding hydrogens is 246 g/mol. The first kappa shape index (κ1) is 12.9. The number of nitrogens with zero attached hydrogens (tertiary/aromatic N) is 2. The average Bonchev–Trinajstić information content (AvgIpc) is 2.80. The van der Waals surface area contributed by atoms with Crippen LogP contribution in [0.3, 0.4) is 0 Å². The third-order valence-corrected chi connectivity index (χ3v) is 5.00. The Labute approximate surface area is 111 Å². The van der Waals surface area contributed by atoms with E-state index in [1.807, 2.05) is 0 Å². The molecule has 1 aliphatic rings. The van der Waals surface area contributed by atoms with E-state index >= 15 is 0 Å². The number of hydrogen-bond donors (Lipinski definition) is 1. The molecule has 5 heteroatoms. The topological polar surface area (TPSA) is 70.1 Å². The van der Waals surface area contributed by atoms with Crippen LogP contribution in [0.15, 0.2) is 0 Å². The monoisotopic (exact) mass is 263 g/mol. The van der Waals surface area contributed by atoms with E-state index in [2.05, 4.69) is 24.8 Å². The van der Waals surface area contributed by atoms with Crippen molar-refractivity contribution in [3.63, 3.8) is 0 Å². The van der Waals surface area contributed by atoms with Gasteiger partial charge in [0.2, 0.25) is 0 Å². The van der Waals surface area contributed by atoms with Gasteiger partial charge in [0.05, 0.1) is 10.6 Å². The van der Waals surface area contributed by atoms with Crippen molar-refractivity contribution in [3.05, 3.63) is 10.4 Å². The van der Waals surface area contributed by atoms with Gasteiger partial charge in [0.1, 0.15) is 16.6 Å². The molecule has 0 spiro atoms. The third-order valence-electron chi connectivity index (χ3n) is 3.63. The lowest BCUT2D eigenvalue weighted by Crippen LogP contribution is -2.19. The van der Waals surface area contributed by atoms with Gasteiger partial charge in [-0.15, -0.1) is 11.3 Å². The zero-order chi connectivity index (χ0) is 13.4. The van der Waals surface area contributed by atoms with Crippen LogP contribution in [0.2, 0.25) is 0 Å². The molecule has 2 atom stereocenters. The smallest absolute Gasteiger partial charge is 0.171 e. The lowest BCUT2D eigenvalue weighted by atomic mass is 10.0. The van der Waals surface area contributed by atoms with Gasteiger partial charge < -0.3 is 10.6 Å². The Bertz CT molecular complexity index is 519. The summed E-state index contributed by atoms with van der Waals surface area (Å²) in [5.41, 5.74) is 6.70. The molecule has 2 heterocycles. The van der Waals surface area contributed by atoms with Crippen LogP contribution in [-0.2, 0) is 0 Å². The number of nitrogen functional groups attached to an aromatic ring is 1. The zero-order valence-corrected chi connectivity index (χ0v) is 11.7. The standard InChI is InChI=1S/C13H17N3OS/c1-7-5-16(6-8(7)2)13-10(4-14)11(15)12(18-13)9(3)17/h7-8H,5-6,15H2,1-3H3. The molecule has 0 amide bonds. The van der Waals surface area contributed by atoms with E-state index in [4.69, 9.17) is 5.73 Å². The first-order chi connectivity index (χ1) is 8.45. The number of Topliss-reactive ketones (excluding diaryl/α,β-unsaturated/α-hetero) is 1. The van der Waals surface area contributed by atoms with E-state index in [0.29, 0.717) is 28.0 Å². The maximum Gasteiger partial charge on any atom is 0.171 e. The number of carbonyl (C=O) groups excluding carboxylic acids is 1. The van der Waals surface area contributed by atoms with E-state index in [-0.39, 0.29) is 5.78 Å². The highest BCUT2D eigenvalue weighted by Gasteiger charge is 2.30. The van der Waals surface area contributed by atoms with Gasteiger partial charge in [-0.05, 0) is 11.8 Å². The quantitative estimate of drug-likeness (QED) is 0.832. The fraction of sp³-hybridized carbons (Fsp3) is 0.538. The molecule has 2 rings (SSSR count). The second-order valence-electron chi connectivity index (χ2n) is 5.05. The summed E-state index contributed by atoms with van der Waals surface area (Å²) in [4.78, 5) is 14.2. The highest BCUT2D eigenvalue weighted by atomic mass is 32.1. The molecule has 2 unspecified atom stereocenters. The number of nitrogens with two attached hydrogens (primary N) is 1. The van der Waals surface area contributed by atoms with Crippen LogP contribution in [0.5, 0.6) is 0 Å². The highest BCUT2D eigenvalue weighted by molar-refractivity contribution is 7.19. The number of rotatable bonds is 2. The normalized spacial score (nSPS) is 23.1. The van der Waals surface area contributed by atoms with Crippen LogP contribution in [0.1, 0.15) is 36.0 Å². The predicted molar refractivity (Wildman–Crippen MR) is 74.0 cm³/mol. The summed E-state index contributed by atoms with van der Waals surface area (Å²) in [6, 6.07) is 2.14. The Morgan fingerprint density at radius 3 is 2.44 bits per heavy atom. The van der Waals surface area contributed by atoms with Gasteiger partial charge in [-0.1, -0.05) is 13.8 Å². The Morgan fingerprint density at radius 1 is 1.44 bits per heavy atom. The van der Waals surface area contributed by atoms with Crippen molar-refractivity contribution in [2.75, 3.05) is 23.7 Å². The Morgan fingerprint density at radius 2 is 2.00 bits per heavy atom. The van der Waals surface area contributed by atoms with Crippen LogP contribution < -0.4 is 10.6 Å². The second-order valence-corrected chi connectivity index (χ2v) is 6.05. The van der Waals surface area contributed by atoms with E-state index in [1.54, 1.807) is 0 Å². The molecule has 1 aliphatic heterocycles. The van der Waals surface area contributed by atoms with Gasteiger partial charge in [-0.2, -0.15) is 5.26 Å². The fourth-order valence-corrected chi connectivity index (χ4v) is 3.40. The molecule has 0 saturated carbocycles. The zero-order valence-electron chi connectivity index (χ0n) is 10.9. The van der Waals surface area contributed by atoms with E-state index in [9.17, 15) is 10.1 Å². The van der Waals surface area contributed by atoms with Crippen molar-refractivity contribution < 1.29 is 4.79 Å². The summed E-state index contributed by atoms with van der Waals surface area (Å²) >= 11 is 1.35. The van der Waals surface area contributed by atoms with E-state index in [0.717, 1.165) is 18.1 Å². The van der Waals surface area contributed by atoms with Crippen molar-refractivity contribution in [2.45, 2.75) is 20.8 Å². The summed E-state index contributed by atoms with van der Waals surface area (Å²) in [5, 5.41) is 10.1. The maximum absolute atomic E-state index is 11.5. The summed E-state index contributed by atoms with van der Waals surface area (Å²) in [6.45, 7) is 7.75. The predicted octanol–water partition coefficient (Wildman–Crippen LogP) is 2.50. The molecule has 0 radical (unpaired) electrons. The van der Waals surface area contributed by atoms with Gasteiger partial charge >= 0.3 is 0 Å². The molecule has 0 aromatic carbocycles. The maximum atomic E-state index is 11.5. The van der Waals surface area contributed by atoms with Crippen LogP contribution >= 0.6 is 11.3 Å². The molecule has 0 bridgehead atoms. The number of carbonyl (C=O) groups is 1. The van der Waals surface area contributed by atoms with Gasteiger partial charge in [0.15, 0.2) is 5.78 Å². The minimum absolute atomic E-state index is 0.0689. The minimum Gasteiger partial charge on any atom is -0.396 e. The van der Waals surface area contributed by atoms with Crippen LogP contribution in [0.25, 0.3) is 0 Å². The van der Waals surface area contributed by atoms with Crippen LogP contribution in [0, 0.1) is 23.2 Å². The molecule has 96 valence electrons. The lowest BCUT2D eigenvalue weighted by molar-refractivity contribution is 0.102. The Hall–Kier alpha value is -1.54. The number of thiophene rings is 1. The molecule has 1 saturated heterocycles. The van der Waals surface area contributed by atoms with Gasteiger partial charge in [0.25, 0.3) is 0 Å². The number of hydrogen-bond acceptors (Lipinski definition) is 5. The van der Waals surface area contributed by atoms with Crippen molar-refractivity contribution in [1.29, 1.82) is 5.26 Å². The lowest BCUT2D eigenvalue weighted by Gasteiger charge is -2.16. The summed E-state index contributed by atoms with van der Waals surface area (Å²) in [7, 11) is 0. The highest BCUT2D eigenvalue weighted by Crippen LogP contribution is 2.40. The van der Waals surface area contributed by atoms with Crippen molar-refractivity contribution in [3.8, 4) is 6.07 Å². The number of anilines is 2. The van der Waals surface area contributed by atoms with Crippen molar-refractivity contribution >= 4 is 27.8 Å². The largest absolute Gasteiger partial charge is 0.396 e.